The van der Waals surface area contributed by atoms with E-state index in [1.807, 2.05) is 0 Å². The van der Waals surface area contributed by atoms with Gasteiger partial charge < -0.3 is 9.84 Å². The molecule has 2 aliphatic rings. The number of halogens is 1. The molecule has 0 radical (unpaired) electrons. The summed E-state index contributed by atoms with van der Waals surface area (Å²) < 4.78 is 19.7. The van der Waals surface area contributed by atoms with Crippen molar-refractivity contribution in [1.29, 1.82) is 0 Å². The number of benzene rings is 1. The number of aliphatic hydroxyl groups is 1. The van der Waals surface area contributed by atoms with Crippen LogP contribution in [0.1, 0.15) is 64.0 Å². The van der Waals surface area contributed by atoms with Gasteiger partial charge in [-0.05, 0) is 49.7 Å². The predicted molar refractivity (Wildman–Crippen MR) is 80.7 cm³/mol. The van der Waals surface area contributed by atoms with Gasteiger partial charge in [0.15, 0.2) is 0 Å². The van der Waals surface area contributed by atoms with Crippen molar-refractivity contribution in [2.45, 2.75) is 64.1 Å². The number of ether oxygens (including phenoxy) is 1. The molecule has 1 aromatic rings. The Morgan fingerprint density at radius 3 is 2.86 bits per heavy atom. The molecule has 0 saturated heterocycles. The first-order chi connectivity index (χ1) is 9.99. The largest absolute Gasteiger partial charge is 0.487 e. The van der Waals surface area contributed by atoms with Gasteiger partial charge in [-0.3, -0.25) is 0 Å². The Bertz CT molecular complexity index is 514. The minimum absolute atomic E-state index is 0.299. The summed E-state index contributed by atoms with van der Waals surface area (Å²) in [6.45, 7) is 4.56. The van der Waals surface area contributed by atoms with Crippen molar-refractivity contribution < 1.29 is 14.2 Å². The molecule has 0 amide bonds. The molecule has 3 rings (SSSR count). The summed E-state index contributed by atoms with van der Waals surface area (Å²) in [6, 6.07) is 4.46. The smallest absolute Gasteiger partial charge is 0.128 e. The molecule has 1 fully saturated rings. The zero-order chi connectivity index (χ0) is 15.0. The molecule has 1 aliphatic carbocycles. The fourth-order valence-electron chi connectivity index (χ4n) is 3.99. The summed E-state index contributed by atoms with van der Waals surface area (Å²) >= 11 is 0. The Hall–Kier alpha value is -1.09. The van der Waals surface area contributed by atoms with E-state index in [0.29, 0.717) is 18.1 Å². The minimum atomic E-state index is -0.537. The van der Waals surface area contributed by atoms with Crippen LogP contribution in [0.4, 0.5) is 4.39 Å². The second kappa shape index (κ2) is 5.60. The molecule has 3 heteroatoms. The summed E-state index contributed by atoms with van der Waals surface area (Å²) in [5.41, 5.74) is 0.427. The highest BCUT2D eigenvalue weighted by Gasteiger charge is 2.42. The average Bonchev–Trinajstić information content (AvgIpc) is 2.61. The van der Waals surface area contributed by atoms with Crippen LogP contribution < -0.4 is 4.74 Å². The molecule has 1 saturated carbocycles. The van der Waals surface area contributed by atoms with Gasteiger partial charge in [-0.15, -0.1) is 0 Å². The third-order valence-corrected chi connectivity index (χ3v) is 5.35. The SMILES string of the molecule is CC(C)C1CCCC2(CC1)CC(O)c1ccc(F)cc1O2. The molecule has 1 N–H and O–H groups in total. The Morgan fingerprint density at radius 2 is 2.10 bits per heavy atom. The van der Waals surface area contributed by atoms with E-state index < -0.39 is 6.10 Å². The number of rotatable bonds is 1. The molecule has 116 valence electrons. The van der Waals surface area contributed by atoms with Gasteiger partial charge >= 0.3 is 0 Å². The van der Waals surface area contributed by atoms with Gasteiger partial charge in [0.25, 0.3) is 0 Å². The average molecular weight is 292 g/mol. The van der Waals surface area contributed by atoms with Crippen molar-refractivity contribution in [3.05, 3.63) is 29.6 Å². The molecule has 1 aliphatic heterocycles. The van der Waals surface area contributed by atoms with Gasteiger partial charge in [-0.2, -0.15) is 0 Å². The maximum absolute atomic E-state index is 13.5. The first-order valence-electron chi connectivity index (χ1n) is 8.16. The lowest BCUT2D eigenvalue weighted by Crippen LogP contribution is -2.40. The Balaban J connectivity index is 1.83. The van der Waals surface area contributed by atoms with Crippen LogP contribution in [-0.2, 0) is 0 Å². The van der Waals surface area contributed by atoms with E-state index in [1.165, 1.54) is 18.6 Å². The molecule has 1 aromatic carbocycles. The molecule has 0 bridgehead atoms. The highest BCUT2D eigenvalue weighted by atomic mass is 19.1. The van der Waals surface area contributed by atoms with E-state index in [2.05, 4.69) is 13.8 Å². The third-order valence-electron chi connectivity index (χ3n) is 5.35. The van der Waals surface area contributed by atoms with Gasteiger partial charge in [-0.1, -0.05) is 20.3 Å². The monoisotopic (exact) mass is 292 g/mol. The van der Waals surface area contributed by atoms with E-state index in [0.717, 1.165) is 37.2 Å². The Labute approximate surface area is 126 Å². The molecule has 0 aromatic heterocycles. The molecule has 21 heavy (non-hydrogen) atoms. The van der Waals surface area contributed by atoms with Crippen LogP contribution in [0.2, 0.25) is 0 Å². The second-order valence-corrected chi connectivity index (χ2v) is 7.12. The van der Waals surface area contributed by atoms with Gasteiger partial charge in [0.05, 0.1) is 6.10 Å². The van der Waals surface area contributed by atoms with E-state index in [4.69, 9.17) is 4.74 Å². The lowest BCUT2D eigenvalue weighted by Gasteiger charge is -2.40. The van der Waals surface area contributed by atoms with E-state index in [-0.39, 0.29) is 11.4 Å². The lowest BCUT2D eigenvalue weighted by atomic mass is 9.82. The predicted octanol–water partition coefficient (Wildman–Crippen LogP) is 4.62. The molecule has 1 heterocycles. The first kappa shape index (κ1) is 14.8. The van der Waals surface area contributed by atoms with Crippen molar-refractivity contribution in [3.8, 4) is 5.75 Å². The molecular formula is C18H25FO2. The number of hydrogen-bond acceptors (Lipinski definition) is 2. The van der Waals surface area contributed by atoms with Crippen LogP contribution in [0.5, 0.6) is 5.75 Å². The number of fused-ring (bicyclic) bond motifs is 1. The van der Waals surface area contributed by atoms with E-state index in [9.17, 15) is 9.50 Å². The van der Waals surface area contributed by atoms with Crippen molar-refractivity contribution in [2.24, 2.45) is 11.8 Å². The van der Waals surface area contributed by atoms with Gasteiger partial charge in [0.1, 0.15) is 17.2 Å². The van der Waals surface area contributed by atoms with Crippen LogP contribution in [0.15, 0.2) is 18.2 Å². The lowest BCUT2D eigenvalue weighted by molar-refractivity contribution is -0.0256. The van der Waals surface area contributed by atoms with Crippen LogP contribution in [0.3, 0.4) is 0 Å². The van der Waals surface area contributed by atoms with Crippen molar-refractivity contribution in [2.75, 3.05) is 0 Å². The van der Waals surface area contributed by atoms with E-state index in [1.54, 1.807) is 6.07 Å². The Kier molecular flexibility index (Phi) is 3.96. The van der Waals surface area contributed by atoms with Crippen molar-refractivity contribution in [1.82, 2.24) is 0 Å². The summed E-state index contributed by atoms with van der Waals surface area (Å²) in [5, 5.41) is 10.4. The maximum Gasteiger partial charge on any atom is 0.128 e. The third kappa shape index (κ3) is 2.94. The fraction of sp³-hybridized carbons (Fsp3) is 0.667. The quantitative estimate of drug-likeness (QED) is 0.818. The summed E-state index contributed by atoms with van der Waals surface area (Å²) in [7, 11) is 0. The zero-order valence-corrected chi connectivity index (χ0v) is 12.9. The molecule has 2 nitrogen and oxygen atoms in total. The summed E-state index contributed by atoms with van der Waals surface area (Å²) in [6.07, 6.45) is 5.51. The maximum atomic E-state index is 13.5. The normalized spacial score (nSPS) is 32.6. The number of aliphatic hydroxyl groups excluding tert-OH is 1. The summed E-state index contributed by atoms with van der Waals surface area (Å²) in [4.78, 5) is 0. The summed E-state index contributed by atoms with van der Waals surface area (Å²) in [5.74, 6) is 1.67. The van der Waals surface area contributed by atoms with Crippen molar-refractivity contribution in [3.63, 3.8) is 0 Å². The van der Waals surface area contributed by atoms with Gasteiger partial charge in [-0.25, -0.2) is 4.39 Å². The zero-order valence-electron chi connectivity index (χ0n) is 12.9. The molecule has 3 atom stereocenters. The molecule has 3 unspecified atom stereocenters. The second-order valence-electron chi connectivity index (χ2n) is 7.12. The molecule has 1 spiro atoms. The van der Waals surface area contributed by atoms with Crippen LogP contribution in [-0.4, -0.2) is 10.7 Å². The van der Waals surface area contributed by atoms with Crippen molar-refractivity contribution >= 4 is 0 Å². The highest BCUT2D eigenvalue weighted by Crippen LogP contribution is 2.47. The molecular weight excluding hydrogens is 267 g/mol. The van der Waals surface area contributed by atoms with Crippen LogP contribution in [0.25, 0.3) is 0 Å². The minimum Gasteiger partial charge on any atom is -0.487 e. The van der Waals surface area contributed by atoms with E-state index >= 15 is 0 Å². The Morgan fingerprint density at radius 1 is 1.29 bits per heavy atom. The number of hydrogen-bond donors (Lipinski definition) is 1. The first-order valence-corrected chi connectivity index (χ1v) is 8.16. The van der Waals surface area contributed by atoms with Crippen LogP contribution >= 0.6 is 0 Å². The highest BCUT2D eigenvalue weighted by molar-refractivity contribution is 5.38. The fourth-order valence-corrected chi connectivity index (χ4v) is 3.99. The topological polar surface area (TPSA) is 29.5 Å². The standard InChI is InChI=1S/C18H25FO2/c1-12(2)13-4-3-8-18(9-7-13)11-16(20)15-6-5-14(19)10-17(15)21-18/h5-6,10,12-13,16,20H,3-4,7-9,11H2,1-2H3. The van der Waals surface area contributed by atoms with Crippen LogP contribution in [0, 0.1) is 17.7 Å². The van der Waals surface area contributed by atoms with Gasteiger partial charge in [0.2, 0.25) is 0 Å². The van der Waals surface area contributed by atoms with Gasteiger partial charge in [0, 0.05) is 18.1 Å².